The molecule has 1 aromatic heterocycles. The second kappa shape index (κ2) is 5.31. The fourth-order valence-electron chi connectivity index (χ4n) is 1.21. The molecule has 0 unspecified atom stereocenters. The van der Waals surface area contributed by atoms with Gasteiger partial charge in [0, 0.05) is 6.20 Å². The molecule has 88 valence electrons. The van der Waals surface area contributed by atoms with Gasteiger partial charge in [0.05, 0.1) is 15.2 Å². The van der Waals surface area contributed by atoms with Crippen LogP contribution in [0.5, 0.6) is 0 Å². The van der Waals surface area contributed by atoms with E-state index in [1.165, 1.54) is 0 Å². The van der Waals surface area contributed by atoms with Crippen LogP contribution in [0.3, 0.4) is 0 Å². The lowest BCUT2D eigenvalue weighted by Crippen LogP contribution is -2.11. The number of nitrogens with zero attached hydrogens (tertiary/aromatic N) is 2. The van der Waals surface area contributed by atoms with Crippen LogP contribution in [-0.4, -0.2) is 9.97 Å². The fourth-order valence-corrected chi connectivity index (χ4v) is 1.69. The number of benzene rings is 1. The zero-order chi connectivity index (χ0) is 12.3. The van der Waals surface area contributed by atoms with E-state index >= 15 is 0 Å². The minimum absolute atomic E-state index is 0.322. The molecule has 0 aliphatic heterocycles. The number of nitrogens with one attached hydrogen (secondary N) is 2. The van der Waals surface area contributed by atoms with E-state index in [4.69, 9.17) is 17.4 Å². The van der Waals surface area contributed by atoms with Gasteiger partial charge in [-0.25, -0.2) is 10.8 Å². The largest absolute Gasteiger partial charge is 0.338 e. The predicted molar refractivity (Wildman–Crippen MR) is 72.3 cm³/mol. The van der Waals surface area contributed by atoms with E-state index in [0.29, 0.717) is 16.8 Å². The molecule has 7 heteroatoms. The van der Waals surface area contributed by atoms with Crippen LogP contribution >= 0.6 is 27.5 Å². The number of nitrogens with two attached hydrogens (primary N) is 1. The van der Waals surface area contributed by atoms with Crippen LogP contribution in [0.4, 0.5) is 17.5 Å². The molecule has 0 amide bonds. The maximum Gasteiger partial charge on any atom is 0.239 e. The summed E-state index contributed by atoms with van der Waals surface area (Å²) in [6, 6.07) is 7.38. The Morgan fingerprint density at radius 1 is 1.29 bits per heavy atom. The second-order valence-electron chi connectivity index (χ2n) is 3.14. The van der Waals surface area contributed by atoms with Gasteiger partial charge in [0.2, 0.25) is 5.95 Å². The molecule has 2 aromatic rings. The molecule has 5 nitrogen and oxygen atoms in total. The van der Waals surface area contributed by atoms with Crippen molar-refractivity contribution in [1.82, 2.24) is 9.97 Å². The van der Waals surface area contributed by atoms with E-state index in [1.807, 2.05) is 18.2 Å². The average Bonchev–Trinajstić information content (AvgIpc) is 2.35. The monoisotopic (exact) mass is 313 g/mol. The first-order valence-corrected chi connectivity index (χ1v) is 5.88. The highest BCUT2D eigenvalue weighted by atomic mass is 79.9. The number of aromatic nitrogens is 2. The van der Waals surface area contributed by atoms with E-state index in [9.17, 15) is 0 Å². The summed E-state index contributed by atoms with van der Waals surface area (Å²) in [6.07, 6.45) is 1.60. The highest BCUT2D eigenvalue weighted by molar-refractivity contribution is 9.10. The zero-order valence-corrected chi connectivity index (χ0v) is 11.0. The summed E-state index contributed by atoms with van der Waals surface area (Å²) in [5.41, 5.74) is 3.14. The summed E-state index contributed by atoms with van der Waals surface area (Å²) in [4.78, 5) is 8.12. The molecule has 1 aromatic carbocycles. The first-order valence-electron chi connectivity index (χ1n) is 4.71. The first-order chi connectivity index (χ1) is 8.20. The van der Waals surface area contributed by atoms with Gasteiger partial charge in [-0.05, 0) is 28.1 Å². The van der Waals surface area contributed by atoms with E-state index in [2.05, 4.69) is 36.6 Å². The molecule has 0 radical (unpaired) electrons. The lowest BCUT2D eigenvalue weighted by Gasteiger charge is -2.09. The Morgan fingerprint density at radius 2 is 2.06 bits per heavy atom. The van der Waals surface area contributed by atoms with Crippen LogP contribution in [0.1, 0.15) is 0 Å². The Labute approximate surface area is 112 Å². The van der Waals surface area contributed by atoms with Crippen molar-refractivity contribution in [2.24, 2.45) is 5.84 Å². The van der Waals surface area contributed by atoms with Crippen molar-refractivity contribution in [3.05, 3.63) is 40.0 Å². The Bertz CT molecular complexity index is 534. The number of hydrogen-bond donors (Lipinski definition) is 3. The Balaban J connectivity index is 2.32. The standard InChI is InChI=1S/C10H9BrClN5/c11-6-5-14-10(17-13)16-9(6)15-8-4-2-1-3-7(8)12/h1-5H,13H2,(H2,14,15,16,17). The maximum absolute atomic E-state index is 6.04. The summed E-state index contributed by atoms with van der Waals surface area (Å²) < 4.78 is 0.719. The number of hydrogen-bond acceptors (Lipinski definition) is 5. The normalized spacial score (nSPS) is 10.1. The molecule has 0 fully saturated rings. The molecule has 0 aliphatic carbocycles. The molecular weight excluding hydrogens is 306 g/mol. The van der Waals surface area contributed by atoms with Gasteiger partial charge in [-0.3, -0.25) is 5.43 Å². The van der Waals surface area contributed by atoms with Crippen molar-refractivity contribution in [1.29, 1.82) is 0 Å². The molecular formula is C10H9BrClN5. The maximum atomic E-state index is 6.04. The lowest BCUT2D eigenvalue weighted by molar-refractivity contribution is 1.11. The van der Waals surface area contributed by atoms with Crippen molar-refractivity contribution in [3.8, 4) is 0 Å². The van der Waals surface area contributed by atoms with E-state index in [1.54, 1.807) is 12.3 Å². The summed E-state index contributed by atoms with van der Waals surface area (Å²) in [5, 5.41) is 3.70. The van der Waals surface area contributed by atoms with Crippen molar-refractivity contribution in [2.75, 3.05) is 10.7 Å². The minimum atomic E-state index is 0.322. The molecule has 4 N–H and O–H groups in total. The third-order valence-electron chi connectivity index (χ3n) is 2.00. The predicted octanol–water partition coefficient (Wildman–Crippen LogP) is 2.92. The van der Waals surface area contributed by atoms with Crippen LogP contribution < -0.4 is 16.6 Å². The quantitative estimate of drug-likeness (QED) is 0.600. The number of anilines is 3. The Morgan fingerprint density at radius 3 is 2.76 bits per heavy atom. The van der Waals surface area contributed by atoms with Crippen LogP contribution in [0.25, 0.3) is 0 Å². The van der Waals surface area contributed by atoms with Crippen molar-refractivity contribution in [3.63, 3.8) is 0 Å². The minimum Gasteiger partial charge on any atom is -0.338 e. The molecule has 0 spiro atoms. The molecule has 0 saturated heterocycles. The van der Waals surface area contributed by atoms with Gasteiger partial charge in [0.25, 0.3) is 0 Å². The van der Waals surface area contributed by atoms with Gasteiger partial charge in [-0.1, -0.05) is 23.7 Å². The van der Waals surface area contributed by atoms with Gasteiger partial charge in [-0.15, -0.1) is 0 Å². The van der Waals surface area contributed by atoms with Gasteiger partial charge in [0.15, 0.2) is 0 Å². The molecule has 0 bridgehead atoms. The molecule has 0 saturated carbocycles. The van der Waals surface area contributed by atoms with Crippen LogP contribution in [0.2, 0.25) is 5.02 Å². The highest BCUT2D eigenvalue weighted by Crippen LogP contribution is 2.28. The molecule has 0 atom stereocenters. The molecule has 17 heavy (non-hydrogen) atoms. The number of hydrazine groups is 1. The third-order valence-corrected chi connectivity index (χ3v) is 2.91. The van der Waals surface area contributed by atoms with Crippen LogP contribution in [0.15, 0.2) is 34.9 Å². The Kier molecular flexibility index (Phi) is 3.78. The summed E-state index contributed by atoms with van der Waals surface area (Å²) >= 11 is 9.38. The van der Waals surface area contributed by atoms with Crippen LogP contribution in [-0.2, 0) is 0 Å². The molecule has 0 aliphatic rings. The SMILES string of the molecule is NNc1ncc(Br)c(Nc2ccccc2Cl)n1. The first kappa shape index (κ1) is 12.1. The lowest BCUT2D eigenvalue weighted by atomic mass is 10.3. The average molecular weight is 315 g/mol. The topological polar surface area (TPSA) is 75.9 Å². The smallest absolute Gasteiger partial charge is 0.239 e. The number of rotatable bonds is 3. The fraction of sp³-hybridized carbons (Fsp3) is 0. The third kappa shape index (κ3) is 2.85. The van der Waals surface area contributed by atoms with Crippen molar-refractivity contribution >= 4 is 45.0 Å². The summed E-state index contributed by atoms with van der Waals surface area (Å²) in [7, 11) is 0. The van der Waals surface area contributed by atoms with Gasteiger partial charge in [-0.2, -0.15) is 4.98 Å². The zero-order valence-electron chi connectivity index (χ0n) is 8.61. The molecule has 1 heterocycles. The van der Waals surface area contributed by atoms with E-state index in [-0.39, 0.29) is 0 Å². The van der Waals surface area contributed by atoms with E-state index < -0.39 is 0 Å². The second-order valence-corrected chi connectivity index (χ2v) is 4.40. The summed E-state index contributed by atoms with van der Waals surface area (Å²) in [5.74, 6) is 6.15. The van der Waals surface area contributed by atoms with Gasteiger partial charge in [0.1, 0.15) is 5.82 Å². The number of nitrogen functional groups attached to an aromatic ring is 1. The highest BCUT2D eigenvalue weighted by Gasteiger charge is 2.06. The number of halogens is 2. The van der Waals surface area contributed by atoms with Crippen LogP contribution in [0, 0.1) is 0 Å². The summed E-state index contributed by atoms with van der Waals surface area (Å²) in [6.45, 7) is 0. The van der Waals surface area contributed by atoms with Gasteiger partial charge >= 0.3 is 0 Å². The Hall–Kier alpha value is -1.37. The number of para-hydroxylation sites is 1. The van der Waals surface area contributed by atoms with E-state index in [0.717, 1.165) is 10.2 Å². The van der Waals surface area contributed by atoms with Crippen molar-refractivity contribution in [2.45, 2.75) is 0 Å². The molecule has 2 rings (SSSR count). The van der Waals surface area contributed by atoms with Crippen molar-refractivity contribution < 1.29 is 0 Å². The van der Waals surface area contributed by atoms with Gasteiger partial charge < -0.3 is 5.32 Å².